The number of likely N-dealkylation sites (tertiary alicyclic amines) is 1. The average molecular weight is 561 g/mol. The Morgan fingerprint density at radius 1 is 1.12 bits per heavy atom. The van der Waals surface area contributed by atoms with Gasteiger partial charge in [0.2, 0.25) is 0 Å². The second kappa shape index (κ2) is 10.4. The van der Waals surface area contributed by atoms with E-state index in [-0.39, 0.29) is 16.6 Å². The molecule has 0 atom stereocenters. The minimum absolute atomic E-state index is 0.0316. The number of amides is 2. The predicted octanol–water partition coefficient (Wildman–Crippen LogP) is 6.12. The molecule has 1 aliphatic rings. The molecule has 1 saturated heterocycles. The van der Waals surface area contributed by atoms with Gasteiger partial charge in [0.15, 0.2) is 0 Å². The van der Waals surface area contributed by atoms with E-state index < -0.39 is 34.8 Å². The molecule has 0 saturated carbocycles. The normalized spacial score (nSPS) is 16.0. The highest BCUT2D eigenvalue weighted by atomic mass is 19.4. The number of carbonyl (C=O) groups is 2. The summed E-state index contributed by atoms with van der Waals surface area (Å²) in [5, 5.41) is 27.1. The fourth-order valence-electron chi connectivity index (χ4n) is 5.32. The van der Waals surface area contributed by atoms with Gasteiger partial charge in [0.1, 0.15) is 0 Å². The first kappa shape index (κ1) is 29.4. The van der Waals surface area contributed by atoms with E-state index in [4.69, 9.17) is 0 Å². The number of halogens is 3. The monoisotopic (exact) mass is 560 g/mol. The molecule has 216 valence electrons. The number of benzene rings is 2. The molecule has 1 aromatic heterocycles. The molecule has 1 aliphatic heterocycles. The maximum atomic E-state index is 14.1. The summed E-state index contributed by atoms with van der Waals surface area (Å²) in [7, 11) is 0. The molecule has 3 aromatic rings. The SMILES string of the molecule is Cc1cc(C(C)(C)C(=O)O)ccc1-n1ncc2c(C(F)(F)F)cc(NC(=O)N3CCC(O)(CC(C)C)CC3)cc21. The number of carboxylic acids is 1. The van der Waals surface area contributed by atoms with Crippen LogP contribution in [0, 0.1) is 12.8 Å². The number of anilines is 1. The third kappa shape index (κ3) is 5.79. The number of aliphatic carboxylic acids is 1. The molecular weight excluding hydrogens is 525 g/mol. The van der Waals surface area contributed by atoms with Crippen molar-refractivity contribution in [3.8, 4) is 5.69 Å². The van der Waals surface area contributed by atoms with Gasteiger partial charge in [0.05, 0.1) is 34.0 Å². The number of nitrogens with zero attached hydrogens (tertiary/aromatic N) is 3. The van der Waals surface area contributed by atoms with Crippen LogP contribution in [-0.4, -0.2) is 55.6 Å². The van der Waals surface area contributed by atoms with Crippen molar-refractivity contribution in [2.24, 2.45) is 5.92 Å². The number of aryl methyl sites for hydroxylation is 1. The van der Waals surface area contributed by atoms with Gasteiger partial charge < -0.3 is 20.4 Å². The van der Waals surface area contributed by atoms with Gasteiger partial charge in [-0.3, -0.25) is 4.79 Å². The van der Waals surface area contributed by atoms with Crippen LogP contribution < -0.4 is 5.32 Å². The van der Waals surface area contributed by atoms with Crippen LogP contribution in [0.2, 0.25) is 0 Å². The zero-order valence-electron chi connectivity index (χ0n) is 23.3. The molecule has 0 bridgehead atoms. The maximum absolute atomic E-state index is 14.1. The van der Waals surface area contributed by atoms with Crippen LogP contribution in [0.1, 0.15) is 63.6 Å². The lowest BCUT2D eigenvalue weighted by Gasteiger charge is -2.39. The highest BCUT2D eigenvalue weighted by Gasteiger charge is 2.36. The van der Waals surface area contributed by atoms with Gasteiger partial charge in [0, 0.05) is 24.2 Å². The topological polar surface area (TPSA) is 108 Å². The fourth-order valence-corrected chi connectivity index (χ4v) is 5.32. The summed E-state index contributed by atoms with van der Waals surface area (Å²) in [6, 6.07) is 6.74. The van der Waals surface area contributed by atoms with Crippen molar-refractivity contribution in [3.63, 3.8) is 0 Å². The minimum atomic E-state index is -4.70. The van der Waals surface area contributed by atoms with E-state index in [9.17, 15) is 33.0 Å². The lowest BCUT2D eigenvalue weighted by molar-refractivity contribution is -0.142. The lowest BCUT2D eigenvalue weighted by Crippen LogP contribution is -2.48. The number of urea groups is 1. The van der Waals surface area contributed by atoms with Gasteiger partial charge in [-0.2, -0.15) is 18.3 Å². The molecule has 2 amide bonds. The smallest absolute Gasteiger partial charge is 0.417 e. The van der Waals surface area contributed by atoms with E-state index in [0.29, 0.717) is 55.1 Å². The molecule has 0 aliphatic carbocycles. The number of nitrogens with one attached hydrogen (secondary N) is 1. The van der Waals surface area contributed by atoms with E-state index in [2.05, 4.69) is 10.4 Å². The molecule has 11 heteroatoms. The first-order valence-electron chi connectivity index (χ1n) is 13.2. The van der Waals surface area contributed by atoms with E-state index in [1.165, 1.54) is 15.6 Å². The molecule has 2 aromatic carbocycles. The summed E-state index contributed by atoms with van der Waals surface area (Å²) in [6.07, 6.45) is -2.15. The zero-order valence-corrected chi connectivity index (χ0v) is 23.3. The molecular formula is C29H35F3N4O4. The van der Waals surface area contributed by atoms with Crippen LogP contribution in [0.4, 0.5) is 23.7 Å². The van der Waals surface area contributed by atoms with E-state index in [1.807, 2.05) is 13.8 Å². The molecule has 0 radical (unpaired) electrons. The standard InChI is InChI=1S/C29H35F3N4O4/c1-17(2)15-28(40)8-10-35(11-9-28)26(39)34-20-13-22(29(30,31)32)21-16-33-36(24(21)14-20)23-7-6-19(12-18(23)3)27(4,5)25(37)38/h6-7,12-14,16-17,40H,8-11,15H2,1-5H3,(H,34,39)(H,37,38). The van der Waals surface area contributed by atoms with Crippen LogP contribution in [0.25, 0.3) is 16.6 Å². The predicted molar refractivity (Wildman–Crippen MR) is 146 cm³/mol. The van der Waals surface area contributed by atoms with Gasteiger partial charge in [-0.25, -0.2) is 9.48 Å². The summed E-state index contributed by atoms with van der Waals surface area (Å²) in [5.74, 6) is -0.705. The largest absolute Gasteiger partial charge is 0.481 e. The first-order valence-corrected chi connectivity index (χ1v) is 13.2. The van der Waals surface area contributed by atoms with Crippen LogP contribution in [-0.2, 0) is 16.4 Å². The molecule has 3 N–H and O–H groups in total. The Balaban J connectivity index is 1.68. The quantitative estimate of drug-likeness (QED) is 0.337. The van der Waals surface area contributed by atoms with Crippen molar-refractivity contribution in [2.75, 3.05) is 18.4 Å². The first-order chi connectivity index (χ1) is 18.5. The Hall–Kier alpha value is -3.60. The van der Waals surface area contributed by atoms with E-state index >= 15 is 0 Å². The molecule has 0 spiro atoms. The Morgan fingerprint density at radius 2 is 1.77 bits per heavy atom. The number of hydrogen-bond donors (Lipinski definition) is 3. The number of hydrogen-bond acceptors (Lipinski definition) is 4. The number of fused-ring (bicyclic) bond motifs is 1. The van der Waals surface area contributed by atoms with Crippen LogP contribution in [0.3, 0.4) is 0 Å². The average Bonchev–Trinajstić information content (AvgIpc) is 3.26. The Morgan fingerprint density at radius 3 is 2.33 bits per heavy atom. The molecule has 0 unspecified atom stereocenters. The lowest BCUT2D eigenvalue weighted by atomic mass is 9.84. The van der Waals surface area contributed by atoms with Crippen molar-refractivity contribution in [2.45, 2.75) is 71.1 Å². The number of carboxylic acid groups (broad SMARTS) is 1. The third-order valence-corrected chi connectivity index (χ3v) is 7.70. The summed E-state index contributed by atoms with van der Waals surface area (Å²) < 4.78 is 43.6. The Kier molecular flexibility index (Phi) is 7.66. The van der Waals surface area contributed by atoms with Crippen molar-refractivity contribution in [1.29, 1.82) is 0 Å². The minimum Gasteiger partial charge on any atom is -0.481 e. The summed E-state index contributed by atoms with van der Waals surface area (Å²) in [6.45, 7) is 9.50. The Labute approximate surface area is 230 Å². The number of rotatable bonds is 6. The van der Waals surface area contributed by atoms with Crippen molar-refractivity contribution >= 4 is 28.6 Å². The highest BCUT2D eigenvalue weighted by Crippen LogP contribution is 2.38. The number of piperidine rings is 1. The summed E-state index contributed by atoms with van der Waals surface area (Å²) >= 11 is 0. The fraction of sp³-hybridized carbons (Fsp3) is 0.483. The third-order valence-electron chi connectivity index (χ3n) is 7.70. The number of alkyl halides is 3. The van der Waals surface area contributed by atoms with Gasteiger partial charge in [0.25, 0.3) is 0 Å². The molecule has 1 fully saturated rings. The van der Waals surface area contributed by atoms with E-state index in [1.54, 1.807) is 39.0 Å². The van der Waals surface area contributed by atoms with Gasteiger partial charge in [-0.05, 0) is 75.3 Å². The van der Waals surface area contributed by atoms with Crippen molar-refractivity contribution in [3.05, 3.63) is 53.2 Å². The van der Waals surface area contributed by atoms with Gasteiger partial charge in [-0.1, -0.05) is 26.0 Å². The Bertz CT molecular complexity index is 1440. The number of aliphatic hydroxyl groups is 1. The van der Waals surface area contributed by atoms with Crippen LogP contribution >= 0.6 is 0 Å². The molecule has 2 heterocycles. The molecule has 40 heavy (non-hydrogen) atoms. The highest BCUT2D eigenvalue weighted by molar-refractivity contribution is 5.94. The van der Waals surface area contributed by atoms with E-state index in [0.717, 1.165) is 12.3 Å². The van der Waals surface area contributed by atoms with Gasteiger partial charge >= 0.3 is 18.2 Å². The van der Waals surface area contributed by atoms with Crippen LogP contribution in [0.5, 0.6) is 0 Å². The molecule has 8 nitrogen and oxygen atoms in total. The van der Waals surface area contributed by atoms with Crippen molar-refractivity contribution in [1.82, 2.24) is 14.7 Å². The summed E-state index contributed by atoms with van der Waals surface area (Å²) in [4.78, 5) is 26.2. The molecule has 4 rings (SSSR count). The second-order valence-electron chi connectivity index (χ2n) is 11.7. The number of aromatic nitrogens is 2. The summed E-state index contributed by atoms with van der Waals surface area (Å²) in [5.41, 5.74) is -1.18. The maximum Gasteiger partial charge on any atom is 0.417 e. The number of carbonyl (C=O) groups excluding carboxylic acids is 1. The van der Waals surface area contributed by atoms with Crippen molar-refractivity contribution < 1.29 is 33.0 Å². The van der Waals surface area contributed by atoms with Crippen LogP contribution in [0.15, 0.2) is 36.5 Å². The second-order valence-corrected chi connectivity index (χ2v) is 11.7. The zero-order chi connectivity index (χ0) is 29.6. The van der Waals surface area contributed by atoms with Gasteiger partial charge in [-0.15, -0.1) is 0 Å².